The number of carbonyl (C=O) groups excluding carboxylic acids is 1. The van der Waals surface area contributed by atoms with Crippen molar-refractivity contribution in [1.82, 2.24) is 4.90 Å². The fourth-order valence-electron chi connectivity index (χ4n) is 2.45. The lowest BCUT2D eigenvalue weighted by Gasteiger charge is -2.46. The third-order valence-corrected chi connectivity index (χ3v) is 3.61. The van der Waals surface area contributed by atoms with Crippen LogP contribution >= 0.6 is 0 Å². The van der Waals surface area contributed by atoms with Crippen molar-refractivity contribution in [2.45, 2.75) is 39.0 Å². The zero-order chi connectivity index (χ0) is 13.1. The molecule has 0 aliphatic carbocycles. The van der Waals surface area contributed by atoms with E-state index >= 15 is 0 Å². The normalized spacial score (nSPS) is 33.2. The van der Waals surface area contributed by atoms with Gasteiger partial charge in [0.2, 0.25) is 5.91 Å². The highest BCUT2D eigenvalue weighted by Gasteiger charge is 2.46. The second kappa shape index (κ2) is 5.46. The highest BCUT2D eigenvalue weighted by molar-refractivity contribution is 5.78. The molecule has 17 heavy (non-hydrogen) atoms. The van der Waals surface area contributed by atoms with Crippen LogP contribution in [0.15, 0.2) is 0 Å². The Balaban J connectivity index is 2.84. The molecule has 0 aromatic heterocycles. The Labute approximate surface area is 101 Å². The molecule has 1 rings (SSSR count). The first-order chi connectivity index (χ1) is 7.98. The number of methoxy groups -OCH3 is 1. The zero-order valence-electron chi connectivity index (χ0n) is 10.6. The van der Waals surface area contributed by atoms with Crippen molar-refractivity contribution in [2.24, 2.45) is 5.41 Å². The Morgan fingerprint density at radius 3 is 2.82 bits per heavy atom. The van der Waals surface area contributed by atoms with Gasteiger partial charge in [0.25, 0.3) is 0 Å². The number of ether oxygens (including phenoxy) is 1. The Morgan fingerprint density at radius 2 is 2.35 bits per heavy atom. The molecule has 3 atom stereocenters. The second-order valence-corrected chi connectivity index (χ2v) is 4.79. The molecule has 1 heterocycles. The first-order valence-corrected chi connectivity index (χ1v) is 5.80. The van der Waals surface area contributed by atoms with E-state index in [-0.39, 0.29) is 18.9 Å². The molecule has 1 amide bonds. The summed E-state index contributed by atoms with van der Waals surface area (Å²) in [7, 11) is 1.50. The van der Waals surface area contributed by atoms with Gasteiger partial charge in [0.1, 0.15) is 12.6 Å². The number of nitrogens with zero attached hydrogens (tertiary/aromatic N) is 2. The van der Waals surface area contributed by atoms with E-state index in [1.54, 1.807) is 6.07 Å². The molecule has 0 N–H and O–H groups in total. The van der Waals surface area contributed by atoms with E-state index in [0.29, 0.717) is 6.54 Å². The van der Waals surface area contributed by atoms with Crippen molar-refractivity contribution in [3.8, 4) is 6.07 Å². The van der Waals surface area contributed by atoms with Gasteiger partial charge in [-0.2, -0.15) is 5.26 Å². The highest BCUT2D eigenvalue weighted by Crippen LogP contribution is 2.36. The molecule has 0 bridgehead atoms. The average molecular weight is 242 g/mol. The van der Waals surface area contributed by atoms with Crippen LogP contribution in [0.4, 0.5) is 4.39 Å². The van der Waals surface area contributed by atoms with E-state index in [9.17, 15) is 9.18 Å². The molecule has 1 aliphatic heterocycles. The largest absolute Gasteiger partial charge is 0.378 e. The SMILES string of the molecule is CCC1(C)CN(C(=O)CC#N)C[C@H](F)[C@@H]1OC. The molecule has 5 heteroatoms. The van der Waals surface area contributed by atoms with E-state index in [1.807, 2.05) is 13.8 Å². The van der Waals surface area contributed by atoms with Crippen LogP contribution in [0.5, 0.6) is 0 Å². The van der Waals surface area contributed by atoms with Gasteiger partial charge in [-0.05, 0) is 6.42 Å². The smallest absolute Gasteiger partial charge is 0.236 e. The number of hydrogen-bond donors (Lipinski definition) is 0. The molecular formula is C12H19FN2O2. The Bertz CT molecular complexity index is 329. The van der Waals surface area contributed by atoms with Gasteiger partial charge in [-0.15, -0.1) is 0 Å². The first kappa shape index (κ1) is 13.9. The van der Waals surface area contributed by atoms with Gasteiger partial charge in [-0.3, -0.25) is 4.79 Å². The fourth-order valence-corrected chi connectivity index (χ4v) is 2.45. The van der Waals surface area contributed by atoms with Crippen LogP contribution in [0.1, 0.15) is 26.7 Å². The molecule has 1 fully saturated rings. The molecule has 0 aromatic rings. The number of nitriles is 1. The minimum Gasteiger partial charge on any atom is -0.378 e. The predicted octanol–water partition coefficient (Wildman–Crippen LogP) is 1.51. The minimum absolute atomic E-state index is 0.0224. The lowest BCUT2D eigenvalue weighted by atomic mass is 9.76. The van der Waals surface area contributed by atoms with Crippen molar-refractivity contribution in [1.29, 1.82) is 5.26 Å². The zero-order valence-corrected chi connectivity index (χ0v) is 10.6. The topological polar surface area (TPSA) is 53.3 Å². The predicted molar refractivity (Wildman–Crippen MR) is 60.9 cm³/mol. The maximum absolute atomic E-state index is 14.0. The molecule has 4 nitrogen and oxygen atoms in total. The molecule has 1 saturated heterocycles. The minimum atomic E-state index is -1.19. The van der Waals surface area contributed by atoms with Crippen LogP contribution < -0.4 is 0 Å². The lowest BCUT2D eigenvalue weighted by Crippen LogP contribution is -2.58. The molecule has 1 unspecified atom stereocenters. The molecular weight excluding hydrogens is 223 g/mol. The van der Waals surface area contributed by atoms with Gasteiger partial charge in [0, 0.05) is 19.1 Å². The van der Waals surface area contributed by atoms with Crippen molar-refractivity contribution in [3.05, 3.63) is 0 Å². The Hall–Kier alpha value is -1.15. The van der Waals surface area contributed by atoms with Crippen LogP contribution in [-0.4, -0.2) is 43.3 Å². The van der Waals surface area contributed by atoms with Crippen molar-refractivity contribution in [3.63, 3.8) is 0 Å². The van der Waals surface area contributed by atoms with E-state index < -0.39 is 17.7 Å². The third-order valence-electron chi connectivity index (χ3n) is 3.61. The standard InChI is InChI=1S/C12H19FN2O2/c1-4-12(2)8-15(10(16)5-6-14)7-9(13)11(12)17-3/h9,11H,4-5,7-8H2,1-3H3/t9-,11-,12?/m0/s1. The summed E-state index contributed by atoms with van der Waals surface area (Å²) < 4.78 is 19.2. The number of amides is 1. The maximum Gasteiger partial charge on any atom is 0.236 e. The maximum atomic E-state index is 14.0. The van der Waals surface area contributed by atoms with E-state index in [2.05, 4.69) is 0 Å². The third kappa shape index (κ3) is 2.75. The highest BCUT2D eigenvalue weighted by atomic mass is 19.1. The molecule has 0 spiro atoms. The van der Waals surface area contributed by atoms with Gasteiger partial charge in [0.05, 0.1) is 18.7 Å². The monoisotopic (exact) mass is 242 g/mol. The number of rotatable bonds is 3. The van der Waals surface area contributed by atoms with Crippen LogP contribution in [0.3, 0.4) is 0 Å². The van der Waals surface area contributed by atoms with Crippen molar-refractivity contribution < 1.29 is 13.9 Å². The van der Waals surface area contributed by atoms with E-state index in [4.69, 9.17) is 10.00 Å². The average Bonchev–Trinajstić information content (AvgIpc) is 2.29. The lowest BCUT2D eigenvalue weighted by molar-refractivity contribution is -0.148. The summed E-state index contributed by atoms with van der Waals surface area (Å²) in [5.41, 5.74) is -0.391. The Kier molecular flexibility index (Phi) is 4.47. The summed E-state index contributed by atoms with van der Waals surface area (Å²) >= 11 is 0. The van der Waals surface area contributed by atoms with Gasteiger partial charge < -0.3 is 9.64 Å². The van der Waals surface area contributed by atoms with Crippen molar-refractivity contribution in [2.75, 3.05) is 20.2 Å². The van der Waals surface area contributed by atoms with E-state index in [1.165, 1.54) is 12.0 Å². The van der Waals surface area contributed by atoms with Gasteiger partial charge in [-0.1, -0.05) is 13.8 Å². The molecule has 1 aliphatic rings. The summed E-state index contributed by atoms with van der Waals surface area (Å²) in [6.07, 6.45) is -1.15. The fraction of sp³-hybridized carbons (Fsp3) is 0.833. The second-order valence-electron chi connectivity index (χ2n) is 4.79. The number of halogens is 1. The van der Waals surface area contributed by atoms with Crippen molar-refractivity contribution >= 4 is 5.91 Å². The summed E-state index contributed by atoms with van der Waals surface area (Å²) in [4.78, 5) is 13.1. The molecule has 0 aromatic carbocycles. The first-order valence-electron chi connectivity index (χ1n) is 5.80. The van der Waals surface area contributed by atoms with E-state index in [0.717, 1.165) is 6.42 Å². The number of likely N-dealkylation sites (tertiary alicyclic amines) is 1. The van der Waals surface area contributed by atoms with Gasteiger partial charge >= 0.3 is 0 Å². The van der Waals surface area contributed by atoms with Gasteiger partial charge in [0.15, 0.2) is 0 Å². The van der Waals surface area contributed by atoms with Crippen LogP contribution in [0.25, 0.3) is 0 Å². The molecule has 96 valence electrons. The van der Waals surface area contributed by atoms with Crippen LogP contribution in [-0.2, 0) is 9.53 Å². The number of hydrogen-bond acceptors (Lipinski definition) is 3. The molecule has 0 saturated carbocycles. The molecule has 0 radical (unpaired) electrons. The van der Waals surface area contributed by atoms with Gasteiger partial charge in [-0.25, -0.2) is 4.39 Å². The summed E-state index contributed by atoms with van der Waals surface area (Å²) in [5, 5.41) is 8.50. The summed E-state index contributed by atoms with van der Waals surface area (Å²) in [6.45, 7) is 4.34. The number of carbonyl (C=O) groups is 1. The number of alkyl halides is 1. The van der Waals surface area contributed by atoms with Crippen LogP contribution in [0, 0.1) is 16.7 Å². The van der Waals surface area contributed by atoms with Crippen LogP contribution in [0.2, 0.25) is 0 Å². The Morgan fingerprint density at radius 1 is 1.71 bits per heavy atom. The number of piperidine rings is 1. The quantitative estimate of drug-likeness (QED) is 0.753. The summed E-state index contributed by atoms with van der Waals surface area (Å²) in [5.74, 6) is -0.302. The summed E-state index contributed by atoms with van der Waals surface area (Å²) in [6, 6.07) is 1.81.